The van der Waals surface area contributed by atoms with Gasteiger partial charge >= 0.3 is 0 Å². The molecule has 2 aromatic rings. The third kappa shape index (κ3) is 3.70. The van der Waals surface area contributed by atoms with Crippen molar-refractivity contribution in [3.63, 3.8) is 0 Å². The summed E-state index contributed by atoms with van der Waals surface area (Å²) in [5.74, 6) is 0. The summed E-state index contributed by atoms with van der Waals surface area (Å²) in [7, 11) is 0. The number of rotatable bonds is 5. The first-order valence-corrected chi connectivity index (χ1v) is 7.21. The van der Waals surface area contributed by atoms with Crippen LogP contribution in [0.2, 0.25) is 10.0 Å². The Morgan fingerprint density at radius 2 is 2.11 bits per heavy atom. The van der Waals surface area contributed by atoms with E-state index >= 15 is 0 Å². The summed E-state index contributed by atoms with van der Waals surface area (Å²) in [4.78, 5) is 0. The van der Waals surface area contributed by atoms with Crippen molar-refractivity contribution in [3.05, 3.63) is 56.2 Å². The van der Waals surface area contributed by atoms with Crippen molar-refractivity contribution in [1.82, 2.24) is 5.32 Å². The largest absolute Gasteiger partial charge is 0.387 e. The lowest BCUT2D eigenvalue weighted by atomic mass is 10.2. The molecule has 1 atom stereocenters. The molecule has 1 aromatic carbocycles. The maximum absolute atomic E-state index is 9.90. The van der Waals surface area contributed by atoms with Crippen molar-refractivity contribution in [2.24, 2.45) is 0 Å². The number of aliphatic hydroxyl groups excluding tert-OH is 1. The van der Waals surface area contributed by atoms with Gasteiger partial charge in [0, 0.05) is 23.1 Å². The first-order chi connectivity index (χ1) is 8.66. The third-order valence-electron chi connectivity index (χ3n) is 2.59. The molecule has 0 aliphatic heterocycles. The zero-order valence-electron chi connectivity index (χ0n) is 9.57. The summed E-state index contributed by atoms with van der Waals surface area (Å²) in [5.41, 5.74) is 1.87. The molecule has 18 heavy (non-hydrogen) atoms. The average Bonchev–Trinajstić information content (AvgIpc) is 2.87. The Labute approximate surface area is 120 Å². The quantitative estimate of drug-likeness (QED) is 0.878. The fraction of sp³-hybridized carbons (Fsp3) is 0.231. The molecule has 1 unspecified atom stereocenters. The summed E-state index contributed by atoms with van der Waals surface area (Å²) >= 11 is 13.5. The topological polar surface area (TPSA) is 32.3 Å². The molecule has 5 heteroatoms. The van der Waals surface area contributed by atoms with E-state index in [2.05, 4.69) is 5.32 Å². The van der Waals surface area contributed by atoms with Crippen molar-refractivity contribution < 1.29 is 5.11 Å². The second-order valence-electron chi connectivity index (χ2n) is 3.94. The van der Waals surface area contributed by atoms with Crippen LogP contribution in [0.25, 0.3) is 0 Å². The molecule has 2 nitrogen and oxygen atoms in total. The van der Waals surface area contributed by atoms with E-state index in [-0.39, 0.29) is 0 Å². The Bertz CT molecular complexity index is 502. The first-order valence-electron chi connectivity index (χ1n) is 5.51. The van der Waals surface area contributed by atoms with Crippen LogP contribution in [0.4, 0.5) is 0 Å². The Kier molecular flexibility index (Phi) is 5.03. The highest BCUT2D eigenvalue weighted by atomic mass is 35.5. The van der Waals surface area contributed by atoms with Crippen LogP contribution in [0.1, 0.15) is 17.2 Å². The van der Waals surface area contributed by atoms with Crippen molar-refractivity contribution in [2.75, 3.05) is 6.54 Å². The normalized spacial score (nSPS) is 12.6. The maximum atomic E-state index is 9.90. The molecule has 0 radical (unpaired) electrons. The Morgan fingerprint density at radius 1 is 1.28 bits per heavy atom. The van der Waals surface area contributed by atoms with Gasteiger partial charge in [0.1, 0.15) is 0 Å². The van der Waals surface area contributed by atoms with Crippen LogP contribution in [0.15, 0.2) is 35.0 Å². The SMILES string of the molecule is OC(CNCc1cc(Cl)ccc1Cl)c1ccsc1. The summed E-state index contributed by atoms with van der Waals surface area (Å²) in [6, 6.07) is 7.28. The van der Waals surface area contributed by atoms with E-state index in [9.17, 15) is 5.11 Å². The first kappa shape index (κ1) is 13.8. The van der Waals surface area contributed by atoms with Crippen molar-refractivity contribution in [1.29, 1.82) is 0 Å². The molecule has 0 aliphatic rings. The number of hydrogen-bond donors (Lipinski definition) is 2. The van der Waals surface area contributed by atoms with Gasteiger partial charge in [-0.15, -0.1) is 0 Å². The highest BCUT2D eigenvalue weighted by Crippen LogP contribution is 2.21. The molecule has 0 spiro atoms. The minimum atomic E-state index is -0.491. The molecule has 1 aromatic heterocycles. The van der Waals surface area contributed by atoms with Crippen LogP contribution < -0.4 is 5.32 Å². The number of benzene rings is 1. The van der Waals surface area contributed by atoms with Gasteiger partial charge < -0.3 is 10.4 Å². The molecule has 0 fully saturated rings. The fourth-order valence-corrected chi connectivity index (χ4v) is 2.69. The lowest BCUT2D eigenvalue weighted by molar-refractivity contribution is 0.175. The summed E-state index contributed by atoms with van der Waals surface area (Å²) in [6.07, 6.45) is -0.491. The second-order valence-corrected chi connectivity index (χ2v) is 5.56. The zero-order valence-corrected chi connectivity index (χ0v) is 11.9. The average molecular weight is 302 g/mol. The minimum Gasteiger partial charge on any atom is -0.387 e. The molecule has 0 saturated heterocycles. The van der Waals surface area contributed by atoms with Gasteiger partial charge in [0.2, 0.25) is 0 Å². The van der Waals surface area contributed by atoms with Crippen molar-refractivity contribution >= 4 is 34.5 Å². The van der Waals surface area contributed by atoms with Gasteiger partial charge in [-0.2, -0.15) is 11.3 Å². The van der Waals surface area contributed by atoms with Gasteiger partial charge in [0.15, 0.2) is 0 Å². The van der Waals surface area contributed by atoms with Gasteiger partial charge in [-0.3, -0.25) is 0 Å². The predicted molar refractivity (Wildman–Crippen MR) is 77.4 cm³/mol. The molecule has 0 aliphatic carbocycles. The van der Waals surface area contributed by atoms with E-state index in [0.717, 1.165) is 11.1 Å². The number of nitrogens with one attached hydrogen (secondary N) is 1. The van der Waals surface area contributed by atoms with E-state index in [1.54, 1.807) is 23.5 Å². The van der Waals surface area contributed by atoms with Gasteiger partial charge in [0.25, 0.3) is 0 Å². The molecule has 2 rings (SSSR count). The lowest BCUT2D eigenvalue weighted by Crippen LogP contribution is -2.20. The molecule has 0 saturated carbocycles. The van der Waals surface area contributed by atoms with Gasteiger partial charge in [-0.05, 0) is 46.2 Å². The smallest absolute Gasteiger partial charge is 0.0922 e. The van der Waals surface area contributed by atoms with Crippen LogP contribution in [-0.4, -0.2) is 11.7 Å². The summed E-state index contributed by atoms with van der Waals surface area (Å²) < 4.78 is 0. The van der Waals surface area contributed by atoms with Gasteiger partial charge in [0.05, 0.1) is 6.10 Å². The molecular formula is C13H13Cl2NOS. The van der Waals surface area contributed by atoms with E-state index in [0.29, 0.717) is 23.1 Å². The molecule has 0 bridgehead atoms. The summed E-state index contributed by atoms with van der Waals surface area (Å²) in [6.45, 7) is 1.07. The van der Waals surface area contributed by atoms with Crippen molar-refractivity contribution in [2.45, 2.75) is 12.6 Å². The highest BCUT2D eigenvalue weighted by molar-refractivity contribution is 7.07. The maximum Gasteiger partial charge on any atom is 0.0922 e. The van der Waals surface area contributed by atoms with Crippen molar-refractivity contribution in [3.8, 4) is 0 Å². The second kappa shape index (κ2) is 6.55. The number of thiophene rings is 1. The third-order valence-corrected chi connectivity index (χ3v) is 3.89. The van der Waals surface area contributed by atoms with Crippen LogP contribution in [0, 0.1) is 0 Å². The van der Waals surface area contributed by atoms with Gasteiger partial charge in [-0.1, -0.05) is 23.2 Å². The molecule has 0 amide bonds. The monoisotopic (exact) mass is 301 g/mol. The Morgan fingerprint density at radius 3 is 2.83 bits per heavy atom. The van der Waals surface area contributed by atoms with E-state index < -0.39 is 6.10 Å². The predicted octanol–water partition coefficient (Wildman–Crippen LogP) is 3.88. The molecule has 1 heterocycles. The van der Waals surface area contributed by atoms with Crippen LogP contribution in [0.3, 0.4) is 0 Å². The Hall–Kier alpha value is -0.580. The van der Waals surface area contributed by atoms with Crippen LogP contribution in [-0.2, 0) is 6.54 Å². The minimum absolute atomic E-state index is 0.486. The number of hydrogen-bond acceptors (Lipinski definition) is 3. The van der Waals surface area contributed by atoms with Crippen LogP contribution >= 0.6 is 34.5 Å². The standard InChI is InChI=1S/C13H13Cl2NOS/c14-11-1-2-12(15)10(5-11)6-16-7-13(17)9-3-4-18-8-9/h1-5,8,13,16-17H,6-7H2. The number of aliphatic hydroxyl groups is 1. The van der Waals surface area contributed by atoms with E-state index in [4.69, 9.17) is 23.2 Å². The fourth-order valence-electron chi connectivity index (χ4n) is 1.60. The molecule has 2 N–H and O–H groups in total. The highest BCUT2D eigenvalue weighted by Gasteiger charge is 2.08. The molecular weight excluding hydrogens is 289 g/mol. The van der Waals surface area contributed by atoms with Crippen LogP contribution in [0.5, 0.6) is 0 Å². The number of halogens is 2. The lowest BCUT2D eigenvalue weighted by Gasteiger charge is -2.11. The van der Waals surface area contributed by atoms with E-state index in [1.807, 2.05) is 22.9 Å². The Balaban J connectivity index is 1.87. The van der Waals surface area contributed by atoms with E-state index in [1.165, 1.54) is 0 Å². The molecule has 96 valence electrons. The van der Waals surface area contributed by atoms with Gasteiger partial charge in [-0.25, -0.2) is 0 Å². The summed E-state index contributed by atoms with van der Waals surface area (Å²) in [5, 5.41) is 18.3. The zero-order chi connectivity index (χ0) is 13.0.